The van der Waals surface area contributed by atoms with Crippen molar-refractivity contribution < 1.29 is 14.3 Å². The Morgan fingerprint density at radius 1 is 1.61 bits per heavy atom. The number of aromatic nitrogens is 1. The Bertz CT molecular complexity index is 525. The van der Waals surface area contributed by atoms with Gasteiger partial charge in [-0.05, 0) is 31.0 Å². The lowest BCUT2D eigenvalue weighted by Gasteiger charge is -2.39. The van der Waals surface area contributed by atoms with Crippen LogP contribution in [0.2, 0.25) is 0 Å². The molecule has 1 aromatic heterocycles. The van der Waals surface area contributed by atoms with Crippen LogP contribution in [0.1, 0.15) is 24.8 Å². The molecule has 3 heterocycles. The molecule has 2 saturated heterocycles. The SMILES string of the molecule is CNC(=O)CO[C@H]1CO[C@]2(CCCN(Cc3cccnc3)C2)C1. The van der Waals surface area contributed by atoms with Gasteiger partial charge < -0.3 is 14.8 Å². The average Bonchev–Trinajstić information content (AvgIpc) is 2.96. The second kappa shape index (κ2) is 7.38. The zero-order valence-electron chi connectivity index (χ0n) is 13.7. The number of likely N-dealkylation sites (N-methyl/N-ethyl adjacent to an activating group) is 1. The highest BCUT2D eigenvalue weighted by molar-refractivity contribution is 5.76. The first-order chi connectivity index (χ1) is 11.2. The van der Waals surface area contributed by atoms with Gasteiger partial charge in [0.2, 0.25) is 5.91 Å². The van der Waals surface area contributed by atoms with E-state index in [4.69, 9.17) is 9.47 Å². The highest BCUT2D eigenvalue weighted by atomic mass is 16.6. The molecule has 1 N–H and O–H groups in total. The topological polar surface area (TPSA) is 63.7 Å². The normalized spacial score (nSPS) is 28.1. The lowest BCUT2D eigenvalue weighted by molar-refractivity contribution is -0.127. The van der Waals surface area contributed by atoms with Crippen molar-refractivity contribution in [1.82, 2.24) is 15.2 Å². The molecule has 23 heavy (non-hydrogen) atoms. The summed E-state index contributed by atoms with van der Waals surface area (Å²) >= 11 is 0. The first kappa shape index (κ1) is 16.4. The molecule has 2 aliphatic heterocycles. The number of nitrogens with zero attached hydrogens (tertiary/aromatic N) is 2. The van der Waals surface area contributed by atoms with Crippen LogP contribution in [0.25, 0.3) is 0 Å². The standard InChI is InChI=1S/C17H25N3O3/c1-18-16(21)12-22-15-8-17(23-11-15)5-3-7-20(13-17)10-14-4-2-6-19-9-14/h2,4,6,9,15H,3,5,7-8,10-13H2,1H3,(H,18,21)/t15-,17-/m1/s1. The van der Waals surface area contributed by atoms with Crippen molar-refractivity contribution in [2.75, 3.05) is 33.4 Å². The molecule has 126 valence electrons. The highest BCUT2D eigenvalue weighted by Gasteiger charge is 2.43. The lowest BCUT2D eigenvalue weighted by Crippen LogP contribution is -2.47. The largest absolute Gasteiger partial charge is 0.371 e. The number of carbonyl (C=O) groups excluding carboxylic acids is 1. The molecule has 0 aromatic carbocycles. The van der Waals surface area contributed by atoms with E-state index >= 15 is 0 Å². The minimum atomic E-state index is -0.117. The van der Waals surface area contributed by atoms with Crippen LogP contribution in [0.5, 0.6) is 0 Å². The molecule has 0 radical (unpaired) electrons. The molecule has 2 fully saturated rings. The smallest absolute Gasteiger partial charge is 0.245 e. The van der Waals surface area contributed by atoms with Crippen LogP contribution in [0.15, 0.2) is 24.5 Å². The van der Waals surface area contributed by atoms with Crippen LogP contribution in [-0.2, 0) is 20.8 Å². The van der Waals surface area contributed by atoms with Gasteiger partial charge in [-0.3, -0.25) is 14.7 Å². The molecule has 2 atom stereocenters. The van der Waals surface area contributed by atoms with Gasteiger partial charge in [-0.2, -0.15) is 0 Å². The number of hydrogen-bond acceptors (Lipinski definition) is 5. The quantitative estimate of drug-likeness (QED) is 0.876. The molecule has 6 heteroatoms. The molecule has 0 bridgehead atoms. The summed E-state index contributed by atoms with van der Waals surface area (Å²) in [5.41, 5.74) is 1.11. The predicted molar refractivity (Wildman–Crippen MR) is 85.9 cm³/mol. The number of nitrogens with one attached hydrogen (secondary N) is 1. The van der Waals surface area contributed by atoms with Gasteiger partial charge in [0.1, 0.15) is 6.61 Å². The minimum Gasteiger partial charge on any atom is -0.371 e. The van der Waals surface area contributed by atoms with Gasteiger partial charge in [0.05, 0.1) is 18.3 Å². The number of carbonyl (C=O) groups is 1. The van der Waals surface area contributed by atoms with Crippen LogP contribution in [0.4, 0.5) is 0 Å². The van der Waals surface area contributed by atoms with E-state index < -0.39 is 0 Å². The van der Waals surface area contributed by atoms with Crippen molar-refractivity contribution in [2.24, 2.45) is 0 Å². The summed E-state index contributed by atoms with van der Waals surface area (Å²) in [6.07, 6.45) is 6.80. The fraction of sp³-hybridized carbons (Fsp3) is 0.647. The summed E-state index contributed by atoms with van der Waals surface area (Å²) in [7, 11) is 1.62. The molecular weight excluding hydrogens is 294 g/mol. The van der Waals surface area contributed by atoms with E-state index in [-0.39, 0.29) is 24.2 Å². The average molecular weight is 319 g/mol. The predicted octanol–water partition coefficient (Wildman–Crippen LogP) is 0.968. The number of likely N-dealkylation sites (tertiary alicyclic amines) is 1. The van der Waals surface area contributed by atoms with Gasteiger partial charge >= 0.3 is 0 Å². The third-order valence-electron chi connectivity index (χ3n) is 4.65. The molecule has 3 rings (SSSR count). The number of amides is 1. The van der Waals surface area contributed by atoms with Crippen molar-refractivity contribution in [1.29, 1.82) is 0 Å². The van der Waals surface area contributed by atoms with Crippen molar-refractivity contribution in [3.8, 4) is 0 Å². The summed E-state index contributed by atoms with van der Waals surface area (Å²) < 4.78 is 11.8. The number of ether oxygens (including phenoxy) is 2. The maximum atomic E-state index is 11.3. The van der Waals surface area contributed by atoms with E-state index in [1.54, 1.807) is 13.2 Å². The highest BCUT2D eigenvalue weighted by Crippen LogP contribution is 2.36. The summed E-state index contributed by atoms with van der Waals surface area (Å²) in [4.78, 5) is 17.9. The molecule has 1 aromatic rings. The number of rotatable bonds is 5. The third-order valence-corrected chi connectivity index (χ3v) is 4.65. The first-order valence-corrected chi connectivity index (χ1v) is 8.26. The third kappa shape index (κ3) is 4.28. The van der Waals surface area contributed by atoms with Crippen molar-refractivity contribution in [2.45, 2.75) is 37.5 Å². The van der Waals surface area contributed by atoms with Crippen LogP contribution < -0.4 is 5.32 Å². The number of hydrogen-bond donors (Lipinski definition) is 1. The van der Waals surface area contributed by atoms with Gasteiger partial charge in [-0.1, -0.05) is 6.07 Å². The van der Waals surface area contributed by atoms with Crippen LogP contribution >= 0.6 is 0 Å². The van der Waals surface area contributed by atoms with Gasteiger partial charge in [-0.25, -0.2) is 0 Å². The van der Waals surface area contributed by atoms with Crippen molar-refractivity contribution in [3.63, 3.8) is 0 Å². The summed E-state index contributed by atoms with van der Waals surface area (Å²) in [5.74, 6) is -0.0900. The molecule has 2 aliphatic rings. The van der Waals surface area contributed by atoms with Crippen LogP contribution in [-0.4, -0.2) is 60.8 Å². The zero-order valence-corrected chi connectivity index (χ0v) is 13.7. The fourth-order valence-corrected chi connectivity index (χ4v) is 3.53. The molecule has 0 unspecified atom stereocenters. The van der Waals surface area contributed by atoms with E-state index in [0.717, 1.165) is 38.9 Å². The van der Waals surface area contributed by atoms with Crippen LogP contribution in [0.3, 0.4) is 0 Å². The maximum absolute atomic E-state index is 11.3. The zero-order chi connectivity index (χ0) is 16.1. The van der Waals surface area contributed by atoms with E-state index in [1.807, 2.05) is 12.3 Å². The second-order valence-corrected chi connectivity index (χ2v) is 6.48. The first-order valence-electron chi connectivity index (χ1n) is 8.26. The van der Waals surface area contributed by atoms with E-state index in [0.29, 0.717) is 6.61 Å². The molecule has 6 nitrogen and oxygen atoms in total. The lowest BCUT2D eigenvalue weighted by atomic mass is 9.89. The van der Waals surface area contributed by atoms with Crippen LogP contribution in [0, 0.1) is 0 Å². The van der Waals surface area contributed by atoms with E-state index in [9.17, 15) is 4.79 Å². The fourth-order valence-electron chi connectivity index (χ4n) is 3.53. The Morgan fingerprint density at radius 3 is 3.30 bits per heavy atom. The Kier molecular flexibility index (Phi) is 5.25. The Balaban J connectivity index is 1.53. The molecular formula is C17H25N3O3. The van der Waals surface area contributed by atoms with Crippen molar-refractivity contribution >= 4 is 5.91 Å². The maximum Gasteiger partial charge on any atom is 0.245 e. The Labute approximate surface area is 137 Å². The monoisotopic (exact) mass is 319 g/mol. The number of piperidine rings is 1. The van der Waals surface area contributed by atoms with Gasteiger partial charge in [0.25, 0.3) is 0 Å². The Morgan fingerprint density at radius 2 is 2.52 bits per heavy atom. The summed E-state index contributed by atoms with van der Waals surface area (Å²) in [6, 6.07) is 4.09. The van der Waals surface area contributed by atoms with Gasteiger partial charge in [-0.15, -0.1) is 0 Å². The molecule has 0 saturated carbocycles. The minimum absolute atomic E-state index is 0.0191. The molecule has 1 spiro atoms. The number of pyridine rings is 1. The van der Waals surface area contributed by atoms with Crippen molar-refractivity contribution in [3.05, 3.63) is 30.1 Å². The van der Waals surface area contributed by atoms with E-state index in [1.165, 1.54) is 5.56 Å². The van der Waals surface area contributed by atoms with Gasteiger partial charge in [0.15, 0.2) is 0 Å². The molecule has 0 aliphatic carbocycles. The van der Waals surface area contributed by atoms with Gasteiger partial charge in [0, 0.05) is 39.0 Å². The second-order valence-electron chi connectivity index (χ2n) is 6.48. The summed E-state index contributed by atoms with van der Waals surface area (Å²) in [5, 5.41) is 2.58. The van der Waals surface area contributed by atoms with E-state index in [2.05, 4.69) is 21.3 Å². The molecule has 1 amide bonds. The summed E-state index contributed by atoms with van der Waals surface area (Å²) in [6.45, 7) is 3.60. The Hall–Kier alpha value is -1.50.